The van der Waals surface area contributed by atoms with Crippen LogP contribution in [0.4, 0.5) is 5.82 Å². The summed E-state index contributed by atoms with van der Waals surface area (Å²) in [6.45, 7) is 2.34. The number of esters is 1. The number of halogens is 1. The number of nitrogens with zero attached hydrogens (tertiary/aromatic N) is 2. The number of fused-ring (bicyclic) bond motifs is 1. The Kier molecular flexibility index (Phi) is 6.04. The van der Waals surface area contributed by atoms with Gasteiger partial charge in [0.2, 0.25) is 0 Å². The molecule has 4 rings (SSSR count). The van der Waals surface area contributed by atoms with Crippen LogP contribution in [0, 0.1) is 0 Å². The minimum absolute atomic E-state index is 0.0400. The van der Waals surface area contributed by atoms with Gasteiger partial charge in [-0.2, -0.15) is 5.10 Å². The Morgan fingerprint density at radius 2 is 1.84 bits per heavy atom. The molecule has 1 amide bonds. The number of hydrogen-bond acceptors (Lipinski definition) is 5. The van der Waals surface area contributed by atoms with Crippen molar-refractivity contribution in [1.82, 2.24) is 14.8 Å². The van der Waals surface area contributed by atoms with Crippen LogP contribution in [0.3, 0.4) is 0 Å². The second-order valence-corrected chi connectivity index (χ2v) is 7.40. The molecule has 0 aliphatic rings. The normalized spacial score (nSPS) is 10.8. The molecule has 0 atom stereocenters. The number of ether oxygens (including phenoxy) is 1. The van der Waals surface area contributed by atoms with Crippen molar-refractivity contribution in [2.45, 2.75) is 13.5 Å². The molecule has 0 spiro atoms. The molecule has 8 nitrogen and oxygen atoms in total. The minimum atomic E-state index is -0.906. The van der Waals surface area contributed by atoms with Crippen molar-refractivity contribution in [2.75, 3.05) is 11.9 Å². The lowest BCUT2D eigenvalue weighted by Gasteiger charge is -2.05. The Hall–Kier alpha value is -3.91. The van der Waals surface area contributed by atoms with E-state index in [-0.39, 0.29) is 23.6 Å². The number of aromatic nitrogens is 3. The van der Waals surface area contributed by atoms with Gasteiger partial charge in [-0.25, -0.2) is 4.79 Å². The van der Waals surface area contributed by atoms with Gasteiger partial charge in [0.1, 0.15) is 5.56 Å². The number of nitrogens with one attached hydrogen (secondary N) is 2. The standard InChI is InChI=1S/C23H19ClN4O4/c1-2-32-23(31)17-11-25-27-21(17)26-22(30)20(29)18-13-28(19-6-4-3-5-16(18)19)12-14-7-9-15(24)10-8-14/h3-11,13H,2,12H2,1H3,(H2,25,26,27,30). The maximum Gasteiger partial charge on any atom is 0.343 e. The number of ketones is 1. The summed E-state index contributed by atoms with van der Waals surface area (Å²) in [6.07, 6.45) is 2.95. The van der Waals surface area contributed by atoms with Crippen LogP contribution in [0.5, 0.6) is 0 Å². The Labute approximate surface area is 188 Å². The minimum Gasteiger partial charge on any atom is -0.462 e. The van der Waals surface area contributed by atoms with E-state index in [0.717, 1.165) is 11.1 Å². The number of carbonyl (C=O) groups is 3. The van der Waals surface area contributed by atoms with Gasteiger partial charge in [-0.05, 0) is 30.7 Å². The molecule has 0 saturated heterocycles. The summed E-state index contributed by atoms with van der Waals surface area (Å²) in [6, 6.07) is 14.7. The van der Waals surface area contributed by atoms with Crippen LogP contribution in [0.15, 0.2) is 60.9 Å². The Morgan fingerprint density at radius 3 is 2.59 bits per heavy atom. The molecule has 2 N–H and O–H groups in total. The maximum atomic E-state index is 13.0. The van der Waals surface area contributed by atoms with Crippen molar-refractivity contribution >= 4 is 46.0 Å². The molecule has 0 unspecified atom stereocenters. The first-order valence-corrected chi connectivity index (χ1v) is 10.2. The monoisotopic (exact) mass is 450 g/mol. The summed E-state index contributed by atoms with van der Waals surface area (Å²) in [5.74, 6) is -2.36. The number of H-pyrrole nitrogens is 1. The number of hydrogen-bond donors (Lipinski definition) is 2. The zero-order chi connectivity index (χ0) is 22.7. The van der Waals surface area contributed by atoms with Crippen LogP contribution in [0.1, 0.15) is 33.2 Å². The SMILES string of the molecule is CCOC(=O)c1c[nH]nc1NC(=O)C(=O)c1cn(Cc2ccc(Cl)cc2)c2ccccc12. The van der Waals surface area contributed by atoms with Crippen LogP contribution in [-0.4, -0.2) is 39.0 Å². The van der Waals surface area contributed by atoms with Gasteiger partial charge in [-0.15, -0.1) is 0 Å². The van der Waals surface area contributed by atoms with Crippen LogP contribution < -0.4 is 5.32 Å². The fourth-order valence-electron chi connectivity index (χ4n) is 3.38. The lowest BCUT2D eigenvalue weighted by atomic mass is 10.1. The number of benzene rings is 2. The zero-order valence-corrected chi connectivity index (χ0v) is 17.8. The molecule has 2 heterocycles. The van der Waals surface area contributed by atoms with Crippen molar-refractivity contribution in [3.8, 4) is 0 Å². The smallest absolute Gasteiger partial charge is 0.343 e. The predicted molar refractivity (Wildman–Crippen MR) is 120 cm³/mol. The fourth-order valence-corrected chi connectivity index (χ4v) is 3.51. The van der Waals surface area contributed by atoms with E-state index in [1.807, 2.05) is 28.8 Å². The van der Waals surface area contributed by atoms with E-state index in [9.17, 15) is 14.4 Å². The maximum absolute atomic E-state index is 13.0. The van der Waals surface area contributed by atoms with Crippen molar-refractivity contribution in [3.63, 3.8) is 0 Å². The van der Waals surface area contributed by atoms with Crippen LogP contribution >= 0.6 is 11.6 Å². The Morgan fingerprint density at radius 1 is 1.09 bits per heavy atom. The van der Waals surface area contributed by atoms with Gasteiger partial charge in [-0.1, -0.05) is 41.9 Å². The Balaban J connectivity index is 1.61. The molecule has 162 valence electrons. The van der Waals surface area contributed by atoms with E-state index in [4.69, 9.17) is 16.3 Å². The highest BCUT2D eigenvalue weighted by atomic mass is 35.5. The topological polar surface area (TPSA) is 106 Å². The number of para-hydroxylation sites is 1. The lowest BCUT2D eigenvalue weighted by Crippen LogP contribution is -2.24. The number of aromatic amines is 1. The summed E-state index contributed by atoms with van der Waals surface area (Å²) in [4.78, 5) is 37.7. The molecule has 32 heavy (non-hydrogen) atoms. The van der Waals surface area contributed by atoms with Crippen LogP contribution in [-0.2, 0) is 16.1 Å². The molecule has 9 heteroatoms. The van der Waals surface area contributed by atoms with Gasteiger partial charge in [0, 0.05) is 34.9 Å². The van der Waals surface area contributed by atoms with Crippen molar-refractivity contribution in [3.05, 3.63) is 82.6 Å². The molecular weight excluding hydrogens is 432 g/mol. The van der Waals surface area contributed by atoms with E-state index >= 15 is 0 Å². The summed E-state index contributed by atoms with van der Waals surface area (Å²) in [5.41, 5.74) is 2.10. The molecule has 0 saturated carbocycles. The van der Waals surface area contributed by atoms with Crippen molar-refractivity contribution < 1.29 is 19.1 Å². The first-order valence-electron chi connectivity index (χ1n) is 9.86. The molecule has 0 aliphatic carbocycles. The molecule has 4 aromatic rings. The number of rotatable bonds is 7. The van der Waals surface area contributed by atoms with Gasteiger partial charge in [0.25, 0.3) is 11.7 Å². The number of Topliss-reactive ketones (excluding diaryl/α,β-unsaturated/α-hetero) is 1. The van der Waals surface area contributed by atoms with Gasteiger partial charge in [-0.3, -0.25) is 14.7 Å². The average molecular weight is 451 g/mol. The second-order valence-electron chi connectivity index (χ2n) is 6.97. The summed E-state index contributed by atoms with van der Waals surface area (Å²) >= 11 is 5.96. The molecule has 2 aromatic carbocycles. The molecular formula is C23H19ClN4O4. The summed E-state index contributed by atoms with van der Waals surface area (Å²) in [5, 5.41) is 10.0. The second kappa shape index (κ2) is 9.07. The Bertz CT molecular complexity index is 1310. The fraction of sp³-hybridized carbons (Fsp3) is 0.130. The number of carbonyl (C=O) groups excluding carboxylic acids is 3. The average Bonchev–Trinajstić information content (AvgIpc) is 3.40. The zero-order valence-electron chi connectivity index (χ0n) is 17.1. The number of anilines is 1. The van der Waals surface area contributed by atoms with E-state index in [1.165, 1.54) is 6.20 Å². The van der Waals surface area contributed by atoms with Gasteiger partial charge < -0.3 is 14.6 Å². The first kappa shape index (κ1) is 21.3. The largest absolute Gasteiger partial charge is 0.462 e. The molecule has 0 fully saturated rings. The van der Waals surface area contributed by atoms with Crippen LogP contribution in [0.25, 0.3) is 10.9 Å². The highest BCUT2D eigenvalue weighted by molar-refractivity contribution is 6.48. The van der Waals surface area contributed by atoms with E-state index in [2.05, 4.69) is 15.5 Å². The third kappa shape index (κ3) is 4.26. The predicted octanol–water partition coefficient (Wildman–Crippen LogP) is 4.06. The molecule has 0 radical (unpaired) electrons. The summed E-state index contributed by atoms with van der Waals surface area (Å²) < 4.78 is 6.83. The van der Waals surface area contributed by atoms with Crippen molar-refractivity contribution in [1.29, 1.82) is 0 Å². The van der Waals surface area contributed by atoms with Crippen LogP contribution in [0.2, 0.25) is 5.02 Å². The molecule has 2 aromatic heterocycles. The molecule has 0 bridgehead atoms. The van der Waals surface area contributed by atoms with E-state index in [1.54, 1.807) is 37.4 Å². The van der Waals surface area contributed by atoms with Crippen molar-refractivity contribution in [2.24, 2.45) is 0 Å². The molecule has 0 aliphatic heterocycles. The van der Waals surface area contributed by atoms with E-state index < -0.39 is 17.7 Å². The highest BCUT2D eigenvalue weighted by Gasteiger charge is 2.25. The first-order chi connectivity index (χ1) is 15.5. The van der Waals surface area contributed by atoms with Gasteiger partial charge in [0.15, 0.2) is 5.82 Å². The summed E-state index contributed by atoms with van der Waals surface area (Å²) in [7, 11) is 0. The highest BCUT2D eigenvalue weighted by Crippen LogP contribution is 2.24. The third-order valence-corrected chi connectivity index (χ3v) is 5.13. The lowest BCUT2D eigenvalue weighted by molar-refractivity contribution is -0.112. The van der Waals surface area contributed by atoms with Gasteiger partial charge in [0.05, 0.1) is 12.2 Å². The van der Waals surface area contributed by atoms with E-state index in [0.29, 0.717) is 17.0 Å². The third-order valence-electron chi connectivity index (χ3n) is 4.87. The quantitative estimate of drug-likeness (QED) is 0.251. The number of amides is 1. The van der Waals surface area contributed by atoms with Gasteiger partial charge >= 0.3 is 5.97 Å².